The van der Waals surface area contributed by atoms with E-state index in [1.165, 1.54) is 4.90 Å². The van der Waals surface area contributed by atoms with E-state index in [1.807, 2.05) is 43.3 Å². The molecule has 1 heterocycles. The van der Waals surface area contributed by atoms with E-state index in [1.54, 1.807) is 24.3 Å². The molecule has 32 heavy (non-hydrogen) atoms. The van der Waals surface area contributed by atoms with Crippen LogP contribution < -0.4 is 4.74 Å². The fourth-order valence-corrected chi connectivity index (χ4v) is 3.80. The fourth-order valence-electron chi connectivity index (χ4n) is 3.54. The highest BCUT2D eigenvalue weighted by atomic mass is 79.9. The molecular weight excluding hydrogens is 472 g/mol. The first-order chi connectivity index (χ1) is 15.2. The number of likely N-dealkylation sites (N-methyl/N-ethyl adjacent to an activating group) is 1. The van der Waals surface area contributed by atoms with Crippen LogP contribution in [0.1, 0.15) is 31.0 Å². The van der Waals surface area contributed by atoms with Crippen molar-refractivity contribution >= 4 is 33.4 Å². The maximum absolute atomic E-state index is 13.0. The van der Waals surface area contributed by atoms with E-state index in [0.717, 1.165) is 10.0 Å². The smallest absolute Gasteiger partial charge is 0.295 e. The highest BCUT2D eigenvalue weighted by Gasteiger charge is 2.45. The van der Waals surface area contributed by atoms with Gasteiger partial charge in [-0.2, -0.15) is 0 Å². The number of hydrogen-bond donors (Lipinski definition) is 1. The second-order valence-corrected chi connectivity index (χ2v) is 9.49. The number of amides is 1. The lowest BCUT2D eigenvalue weighted by atomic mass is 9.95. The Morgan fingerprint density at radius 3 is 2.28 bits per heavy atom. The molecule has 1 fully saturated rings. The lowest BCUT2D eigenvalue weighted by Crippen LogP contribution is -2.35. The predicted octanol–water partition coefficient (Wildman–Crippen LogP) is 4.47. The van der Waals surface area contributed by atoms with Crippen LogP contribution in [0.4, 0.5) is 0 Å². The van der Waals surface area contributed by atoms with Gasteiger partial charge in [0.05, 0.1) is 18.2 Å². The number of aliphatic hydroxyl groups excluding tert-OH is 1. The lowest BCUT2D eigenvalue weighted by Gasteiger charge is -2.26. The molecule has 2 aromatic carbocycles. The number of hydrogen-bond acceptors (Lipinski definition) is 5. The third-order valence-electron chi connectivity index (χ3n) is 5.22. The van der Waals surface area contributed by atoms with Crippen molar-refractivity contribution in [3.8, 4) is 5.75 Å². The Balaban J connectivity index is 2.02. The third kappa shape index (κ3) is 5.40. The molecule has 0 unspecified atom stereocenters. The summed E-state index contributed by atoms with van der Waals surface area (Å²) in [7, 11) is 3.82. The zero-order valence-electron chi connectivity index (χ0n) is 18.8. The van der Waals surface area contributed by atoms with Gasteiger partial charge in [-0.15, -0.1) is 0 Å². The normalized spacial score (nSPS) is 18.1. The van der Waals surface area contributed by atoms with Gasteiger partial charge >= 0.3 is 0 Å². The van der Waals surface area contributed by atoms with Crippen molar-refractivity contribution in [2.45, 2.75) is 19.9 Å². The molecule has 170 valence electrons. The van der Waals surface area contributed by atoms with Crippen LogP contribution in [0.15, 0.2) is 58.6 Å². The zero-order valence-corrected chi connectivity index (χ0v) is 20.4. The molecule has 0 spiro atoms. The first kappa shape index (κ1) is 24.0. The second kappa shape index (κ2) is 10.3. The van der Waals surface area contributed by atoms with Crippen LogP contribution >= 0.6 is 15.9 Å². The molecule has 1 amide bonds. The monoisotopic (exact) mass is 500 g/mol. The number of benzene rings is 2. The Kier molecular flexibility index (Phi) is 7.74. The number of Topliss-reactive ketones (excluding diaryl/α,β-unsaturated/α-hetero) is 1. The summed E-state index contributed by atoms with van der Waals surface area (Å²) in [5.41, 5.74) is 1.34. The van der Waals surface area contributed by atoms with Crippen molar-refractivity contribution in [3.63, 3.8) is 0 Å². The molecule has 2 aromatic rings. The number of carbonyl (C=O) groups excluding carboxylic acids is 2. The highest BCUT2D eigenvalue weighted by molar-refractivity contribution is 9.10. The molecule has 6 nitrogen and oxygen atoms in total. The van der Waals surface area contributed by atoms with Crippen LogP contribution in [0.25, 0.3) is 5.76 Å². The predicted molar refractivity (Wildman–Crippen MR) is 128 cm³/mol. The van der Waals surface area contributed by atoms with E-state index in [-0.39, 0.29) is 11.3 Å². The lowest BCUT2D eigenvalue weighted by molar-refractivity contribution is -0.140. The summed E-state index contributed by atoms with van der Waals surface area (Å²) >= 11 is 3.42. The Hall–Kier alpha value is -2.64. The molecule has 1 atom stereocenters. The highest BCUT2D eigenvalue weighted by Crippen LogP contribution is 2.39. The van der Waals surface area contributed by atoms with Crippen molar-refractivity contribution < 1.29 is 19.4 Å². The topological polar surface area (TPSA) is 70.1 Å². The van der Waals surface area contributed by atoms with E-state index in [4.69, 9.17) is 4.74 Å². The number of aliphatic hydroxyl groups is 1. The fraction of sp³-hybridized carbons (Fsp3) is 0.360. The quantitative estimate of drug-likeness (QED) is 0.329. The van der Waals surface area contributed by atoms with Gasteiger partial charge in [-0.1, -0.05) is 41.9 Å². The van der Waals surface area contributed by atoms with E-state index >= 15 is 0 Å². The molecule has 1 aliphatic rings. The van der Waals surface area contributed by atoms with Crippen LogP contribution in [0.5, 0.6) is 5.75 Å². The van der Waals surface area contributed by atoms with Gasteiger partial charge in [-0.25, -0.2) is 0 Å². The van der Waals surface area contributed by atoms with Gasteiger partial charge in [0, 0.05) is 23.1 Å². The number of rotatable bonds is 8. The number of nitrogens with zero attached hydrogens (tertiary/aromatic N) is 2. The van der Waals surface area contributed by atoms with Crippen LogP contribution in [0.3, 0.4) is 0 Å². The number of halogens is 1. The minimum Gasteiger partial charge on any atom is -0.507 e. The van der Waals surface area contributed by atoms with Gasteiger partial charge < -0.3 is 19.6 Å². The molecule has 7 heteroatoms. The maximum Gasteiger partial charge on any atom is 0.295 e. The summed E-state index contributed by atoms with van der Waals surface area (Å²) < 4.78 is 6.59. The number of likely N-dealkylation sites (tertiary alicyclic amines) is 1. The van der Waals surface area contributed by atoms with Crippen molar-refractivity contribution in [2.75, 3.05) is 33.8 Å². The molecule has 0 aromatic heterocycles. The average molecular weight is 501 g/mol. The van der Waals surface area contributed by atoms with E-state index in [2.05, 4.69) is 29.8 Å². The molecule has 0 saturated carbocycles. The van der Waals surface area contributed by atoms with Gasteiger partial charge in [-0.3, -0.25) is 9.59 Å². The van der Waals surface area contributed by atoms with Crippen molar-refractivity contribution in [3.05, 3.63) is 69.7 Å². The maximum atomic E-state index is 13.0. The van der Waals surface area contributed by atoms with Crippen molar-refractivity contribution in [2.24, 2.45) is 5.92 Å². The molecular formula is C25H29BrN2O4. The van der Waals surface area contributed by atoms with Crippen molar-refractivity contribution in [1.82, 2.24) is 9.80 Å². The largest absolute Gasteiger partial charge is 0.507 e. The standard InChI is InChI=1S/C25H29BrN2O4/c1-16(2)15-32-20-11-7-18(8-12-20)23(29)21-22(17-5-9-19(26)10-6-17)28(14-13-27(3)4)25(31)24(21)30/h5-12,16,22,29H,13-15H2,1-4H3/t22-/m1/s1. The minimum absolute atomic E-state index is 0.104. The zero-order chi connectivity index (χ0) is 23.4. The van der Waals surface area contributed by atoms with Crippen LogP contribution in [-0.2, 0) is 9.59 Å². The van der Waals surface area contributed by atoms with Gasteiger partial charge in [0.25, 0.3) is 11.7 Å². The average Bonchev–Trinajstić information content (AvgIpc) is 3.01. The molecule has 1 aliphatic heterocycles. The summed E-state index contributed by atoms with van der Waals surface area (Å²) in [4.78, 5) is 29.4. The molecule has 0 bridgehead atoms. The van der Waals surface area contributed by atoms with Gasteiger partial charge in [0.1, 0.15) is 11.5 Å². The van der Waals surface area contributed by atoms with Crippen molar-refractivity contribution in [1.29, 1.82) is 0 Å². The minimum atomic E-state index is -0.672. The van der Waals surface area contributed by atoms with E-state index < -0.39 is 17.7 Å². The van der Waals surface area contributed by atoms with Gasteiger partial charge in [-0.05, 0) is 62.0 Å². The molecule has 1 saturated heterocycles. The van der Waals surface area contributed by atoms with Crippen LogP contribution in [-0.4, -0.2) is 60.4 Å². The van der Waals surface area contributed by atoms with Gasteiger partial charge in [0.15, 0.2) is 0 Å². The summed E-state index contributed by atoms with van der Waals surface area (Å²) in [5, 5.41) is 11.1. The Morgan fingerprint density at radius 1 is 1.09 bits per heavy atom. The van der Waals surface area contributed by atoms with E-state index in [9.17, 15) is 14.7 Å². The summed E-state index contributed by atoms with van der Waals surface area (Å²) in [6.45, 7) is 5.69. The van der Waals surface area contributed by atoms with Crippen LogP contribution in [0.2, 0.25) is 0 Å². The first-order valence-corrected chi connectivity index (χ1v) is 11.4. The van der Waals surface area contributed by atoms with Crippen LogP contribution in [0, 0.1) is 5.92 Å². The Bertz CT molecular complexity index is 998. The van der Waals surface area contributed by atoms with E-state index in [0.29, 0.717) is 36.9 Å². The van der Waals surface area contributed by atoms with Gasteiger partial charge in [0.2, 0.25) is 0 Å². The number of carbonyl (C=O) groups is 2. The summed E-state index contributed by atoms with van der Waals surface area (Å²) in [6, 6.07) is 13.7. The third-order valence-corrected chi connectivity index (χ3v) is 5.75. The molecule has 3 rings (SSSR count). The molecule has 0 radical (unpaired) electrons. The SMILES string of the molecule is CC(C)COc1ccc(C(O)=C2C(=O)C(=O)N(CCN(C)C)[C@@H]2c2ccc(Br)cc2)cc1. The second-order valence-electron chi connectivity index (χ2n) is 8.58. The Labute approximate surface area is 197 Å². The summed E-state index contributed by atoms with van der Waals surface area (Å²) in [5.74, 6) is -0.371. The number of ether oxygens (including phenoxy) is 1. The molecule has 1 N–H and O–H groups in total. The summed E-state index contributed by atoms with van der Waals surface area (Å²) in [6.07, 6.45) is 0. The number of ketones is 1. The molecule has 0 aliphatic carbocycles. The first-order valence-electron chi connectivity index (χ1n) is 10.6. The Morgan fingerprint density at radius 2 is 1.72 bits per heavy atom.